The lowest BCUT2D eigenvalue weighted by atomic mass is 10.1. The number of anilines is 1. The van der Waals surface area contributed by atoms with Crippen molar-refractivity contribution in [1.29, 1.82) is 0 Å². The van der Waals surface area contributed by atoms with Gasteiger partial charge in [-0.25, -0.2) is 9.97 Å². The van der Waals surface area contributed by atoms with E-state index in [1.165, 1.54) is 0 Å². The van der Waals surface area contributed by atoms with Crippen LogP contribution in [0.5, 0.6) is 0 Å². The molecule has 2 aromatic heterocycles. The molecule has 0 radical (unpaired) electrons. The van der Waals surface area contributed by atoms with Crippen LogP contribution < -0.4 is 5.32 Å². The predicted molar refractivity (Wildman–Crippen MR) is 82.2 cm³/mol. The summed E-state index contributed by atoms with van der Waals surface area (Å²) in [5.74, 6) is 0.726. The minimum atomic E-state index is 0.167. The fourth-order valence-corrected chi connectivity index (χ4v) is 2.72. The topological polar surface area (TPSA) is 75.9 Å². The summed E-state index contributed by atoms with van der Waals surface area (Å²) in [6.07, 6.45) is 9.64. The molecule has 0 aliphatic carbocycles. The Kier molecular flexibility index (Phi) is 4.62. The van der Waals surface area contributed by atoms with Crippen LogP contribution in [0.2, 0.25) is 0 Å². The van der Waals surface area contributed by atoms with Gasteiger partial charge in [0, 0.05) is 50.8 Å². The summed E-state index contributed by atoms with van der Waals surface area (Å²) in [6, 6.07) is 3.97. The highest BCUT2D eigenvalue weighted by molar-refractivity contribution is 5.76. The van der Waals surface area contributed by atoms with Gasteiger partial charge in [0.05, 0.1) is 6.04 Å². The lowest BCUT2D eigenvalue weighted by Crippen LogP contribution is -2.41. The van der Waals surface area contributed by atoms with Gasteiger partial charge in [-0.05, 0) is 25.0 Å². The smallest absolute Gasteiger partial charge is 0.224 e. The van der Waals surface area contributed by atoms with Crippen LogP contribution in [0.3, 0.4) is 0 Å². The molecule has 0 spiro atoms. The Labute approximate surface area is 129 Å². The third kappa shape index (κ3) is 3.60. The summed E-state index contributed by atoms with van der Waals surface area (Å²) in [5.41, 5.74) is 0. The Balaban J connectivity index is 1.47. The maximum absolute atomic E-state index is 12.3. The summed E-state index contributed by atoms with van der Waals surface area (Å²) in [5, 5.41) is 7.35. The Bertz CT molecular complexity index is 585. The van der Waals surface area contributed by atoms with E-state index in [9.17, 15) is 4.79 Å². The monoisotopic (exact) mass is 300 g/mol. The van der Waals surface area contributed by atoms with Crippen LogP contribution in [0, 0.1) is 0 Å². The molecule has 1 fully saturated rings. The number of aromatic nitrogens is 4. The number of piperidine rings is 1. The standard InChI is InChI=1S/C15H20N6O/c22-14(5-9-18-15-16-6-2-7-17-15)20-10-1-4-13(12-20)21-11-3-8-19-21/h2-3,6-8,11,13H,1,4-5,9-10,12H2,(H,16,17,18)/t13-/m1/s1. The number of hydrogen-bond donors (Lipinski definition) is 1. The van der Waals surface area contributed by atoms with Gasteiger partial charge >= 0.3 is 0 Å². The Hall–Kier alpha value is -2.44. The van der Waals surface area contributed by atoms with Crippen LogP contribution in [-0.2, 0) is 4.79 Å². The van der Waals surface area contributed by atoms with Crippen LogP contribution in [0.1, 0.15) is 25.3 Å². The number of likely N-dealkylation sites (tertiary alicyclic amines) is 1. The molecule has 1 aliphatic rings. The van der Waals surface area contributed by atoms with Crippen molar-refractivity contribution in [3.8, 4) is 0 Å². The van der Waals surface area contributed by atoms with Crippen molar-refractivity contribution < 1.29 is 4.79 Å². The van der Waals surface area contributed by atoms with Crippen LogP contribution in [0.15, 0.2) is 36.9 Å². The molecule has 116 valence electrons. The summed E-state index contributed by atoms with van der Waals surface area (Å²) >= 11 is 0. The molecule has 3 heterocycles. The molecular formula is C15H20N6O. The predicted octanol–water partition coefficient (Wildman–Crippen LogP) is 1.34. The molecule has 7 nitrogen and oxygen atoms in total. The first-order valence-electron chi connectivity index (χ1n) is 7.61. The van der Waals surface area contributed by atoms with Crippen molar-refractivity contribution in [2.75, 3.05) is 25.0 Å². The van der Waals surface area contributed by atoms with E-state index >= 15 is 0 Å². The molecule has 22 heavy (non-hydrogen) atoms. The van der Waals surface area contributed by atoms with E-state index in [4.69, 9.17) is 0 Å². The molecule has 7 heteroatoms. The van der Waals surface area contributed by atoms with Crippen LogP contribution in [0.4, 0.5) is 5.95 Å². The van der Waals surface area contributed by atoms with Gasteiger partial charge in [0.2, 0.25) is 11.9 Å². The number of nitrogens with one attached hydrogen (secondary N) is 1. The average Bonchev–Trinajstić information content (AvgIpc) is 3.10. The fourth-order valence-electron chi connectivity index (χ4n) is 2.72. The highest BCUT2D eigenvalue weighted by Crippen LogP contribution is 2.21. The lowest BCUT2D eigenvalue weighted by molar-refractivity contribution is -0.132. The third-order valence-corrected chi connectivity index (χ3v) is 3.84. The fraction of sp³-hybridized carbons (Fsp3) is 0.467. The van der Waals surface area contributed by atoms with Crippen molar-refractivity contribution in [3.63, 3.8) is 0 Å². The van der Waals surface area contributed by atoms with Crippen molar-refractivity contribution in [2.45, 2.75) is 25.3 Å². The molecule has 1 saturated heterocycles. The second-order valence-corrected chi connectivity index (χ2v) is 5.37. The minimum absolute atomic E-state index is 0.167. The number of amides is 1. The molecule has 0 aromatic carbocycles. The Morgan fingerprint density at radius 3 is 2.91 bits per heavy atom. The molecule has 1 aliphatic heterocycles. The number of carbonyl (C=O) groups excluding carboxylic acids is 1. The van der Waals surface area contributed by atoms with Gasteiger partial charge < -0.3 is 10.2 Å². The number of nitrogens with zero attached hydrogens (tertiary/aromatic N) is 5. The van der Waals surface area contributed by atoms with Gasteiger partial charge in [0.15, 0.2) is 0 Å². The molecule has 1 amide bonds. The van der Waals surface area contributed by atoms with Crippen molar-refractivity contribution in [2.24, 2.45) is 0 Å². The second kappa shape index (κ2) is 7.02. The molecule has 0 bridgehead atoms. The Morgan fingerprint density at radius 1 is 1.27 bits per heavy atom. The van der Waals surface area contributed by atoms with Crippen molar-refractivity contribution in [3.05, 3.63) is 36.9 Å². The lowest BCUT2D eigenvalue weighted by Gasteiger charge is -2.33. The van der Waals surface area contributed by atoms with E-state index < -0.39 is 0 Å². The zero-order valence-electron chi connectivity index (χ0n) is 12.4. The molecular weight excluding hydrogens is 280 g/mol. The Morgan fingerprint density at radius 2 is 2.14 bits per heavy atom. The maximum atomic E-state index is 12.3. The second-order valence-electron chi connectivity index (χ2n) is 5.37. The molecule has 1 atom stereocenters. The zero-order valence-corrected chi connectivity index (χ0v) is 12.4. The van der Waals surface area contributed by atoms with Gasteiger partial charge in [0.25, 0.3) is 0 Å². The van der Waals surface area contributed by atoms with Crippen molar-refractivity contribution in [1.82, 2.24) is 24.6 Å². The number of hydrogen-bond acceptors (Lipinski definition) is 5. The summed E-state index contributed by atoms with van der Waals surface area (Å²) in [7, 11) is 0. The zero-order chi connectivity index (χ0) is 15.2. The number of rotatable bonds is 5. The summed E-state index contributed by atoms with van der Waals surface area (Å²) < 4.78 is 1.95. The molecule has 2 aromatic rings. The van der Waals surface area contributed by atoms with E-state index in [0.29, 0.717) is 18.9 Å². The first-order valence-corrected chi connectivity index (χ1v) is 7.61. The van der Waals surface area contributed by atoms with Gasteiger partial charge in [-0.15, -0.1) is 0 Å². The van der Waals surface area contributed by atoms with Gasteiger partial charge in [-0.1, -0.05) is 0 Å². The van der Waals surface area contributed by atoms with Crippen LogP contribution in [0.25, 0.3) is 0 Å². The van der Waals surface area contributed by atoms with E-state index in [0.717, 1.165) is 25.9 Å². The van der Waals surface area contributed by atoms with Gasteiger partial charge in [-0.2, -0.15) is 5.10 Å². The SMILES string of the molecule is O=C(CCNc1ncccn1)N1CCC[C@@H](n2cccn2)C1. The molecule has 3 rings (SSSR count). The van der Waals surface area contributed by atoms with Crippen molar-refractivity contribution >= 4 is 11.9 Å². The molecule has 1 N–H and O–H groups in total. The highest BCUT2D eigenvalue weighted by Gasteiger charge is 2.24. The summed E-state index contributed by atoms with van der Waals surface area (Å²) in [6.45, 7) is 2.12. The first kappa shape index (κ1) is 14.5. The van der Waals surface area contributed by atoms with Crippen LogP contribution >= 0.6 is 0 Å². The normalized spacial score (nSPS) is 18.2. The van der Waals surface area contributed by atoms with Gasteiger partial charge in [0.1, 0.15) is 0 Å². The third-order valence-electron chi connectivity index (χ3n) is 3.84. The largest absolute Gasteiger partial charge is 0.354 e. The summed E-state index contributed by atoms with van der Waals surface area (Å²) in [4.78, 5) is 22.4. The highest BCUT2D eigenvalue weighted by atomic mass is 16.2. The molecule has 0 unspecified atom stereocenters. The number of carbonyl (C=O) groups is 1. The van der Waals surface area contributed by atoms with E-state index in [1.807, 2.05) is 21.8 Å². The van der Waals surface area contributed by atoms with E-state index in [1.54, 1.807) is 24.7 Å². The molecule has 0 saturated carbocycles. The van der Waals surface area contributed by atoms with E-state index in [2.05, 4.69) is 20.4 Å². The van der Waals surface area contributed by atoms with Gasteiger partial charge in [-0.3, -0.25) is 9.48 Å². The quantitative estimate of drug-likeness (QED) is 0.902. The van der Waals surface area contributed by atoms with E-state index in [-0.39, 0.29) is 11.9 Å². The average molecular weight is 300 g/mol. The minimum Gasteiger partial charge on any atom is -0.354 e. The maximum Gasteiger partial charge on any atom is 0.224 e. The first-order chi connectivity index (χ1) is 10.8. The van der Waals surface area contributed by atoms with Crippen LogP contribution in [-0.4, -0.2) is 50.2 Å².